The standard InChI is InChI=1S/C24H17N/c1-2-6-19(7-3-1)10-11-20-12-14-21(15-13-20)18-24-23-9-5-4-8-22(23)16-17-25-24/h1-9,12-17H,18H2. The number of hydrogen-bond acceptors (Lipinski definition) is 1. The highest BCUT2D eigenvalue weighted by atomic mass is 14.7. The topological polar surface area (TPSA) is 12.9 Å². The van der Waals surface area contributed by atoms with Crippen molar-refractivity contribution in [1.29, 1.82) is 0 Å². The summed E-state index contributed by atoms with van der Waals surface area (Å²) >= 11 is 0. The van der Waals surface area contributed by atoms with E-state index in [2.05, 4.69) is 71.4 Å². The Labute approximate surface area is 148 Å². The number of hydrogen-bond donors (Lipinski definition) is 0. The third-order valence-electron chi connectivity index (χ3n) is 4.21. The molecule has 1 nitrogen and oxygen atoms in total. The first-order chi connectivity index (χ1) is 12.4. The lowest BCUT2D eigenvalue weighted by Gasteiger charge is -2.06. The van der Waals surface area contributed by atoms with Crippen LogP contribution in [0.15, 0.2) is 91.1 Å². The van der Waals surface area contributed by atoms with Gasteiger partial charge >= 0.3 is 0 Å². The number of aromatic nitrogens is 1. The molecule has 0 radical (unpaired) electrons. The van der Waals surface area contributed by atoms with Gasteiger partial charge in [0.05, 0.1) is 5.69 Å². The SMILES string of the molecule is C(#Cc1ccc(Cc2nccc3ccccc23)cc1)c1ccccc1. The summed E-state index contributed by atoms with van der Waals surface area (Å²) < 4.78 is 0. The molecule has 118 valence electrons. The van der Waals surface area contributed by atoms with E-state index in [4.69, 9.17) is 0 Å². The molecule has 3 aromatic carbocycles. The molecule has 25 heavy (non-hydrogen) atoms. The Hall–Kier alpha value is -3.37. The van der Waals surface area contributed by atoms with Crippen LogP contribution >= 0.6 is 0 Å². The van der Waals surface area contributed by atoms with E-state index in [1.54, 1.807) is 0 Å². The van der Waals surface area contributed by atoms with Gasteiger partial charge in [-0.15, -0.1) is 0 Å². The van der Waals surface area contributed by atoms with E-state index in [1.165, 1.54) is 16.3 Å². The highest BCUT2D eigenvalue weighted by Crippen LogP contribution is 2.19. The minimum Gasteiger partial charge on any atom is -0.260 e. The first kappa shape index (κ1) is 15.2. The normalized spacial score (nSPS) is 10.2. The summed E-state index contributed by atoms with van der Waals surface area (Å²) in [7, 11) is 0. The fourth-order valence-corrected chi connectivity index (χ4v) is 2.89. The van der Waals surface area contributed by atoms with Crippen LogP contribution in [-0.2, 0) is 6.42 Å². The fraction of sp³-hybridized carbons (Fsp3) is 0.0417. The second kappa shape index (κ2) is 7.03. The summed E-state index contributed by atoms with van der Waals surface area (Å²) in [6.45, 7) is 0. The number of nitrogens with zero attached hydrogens (tertiary/aromatic N) is 1. The second-order valence-electron chi connectivity index (χ2n) is 5.97. The van der Waals surface area contributed by atoms with Gasteiger partial charge in [0.1, 0.15) is 0 Å². The quantitative estimate of drug-likeness (QED) is 0.461. The molecule has 0 unspecified atom stereocenters. The van der Waals surface area contributed by atoms with Crippen LogP contribution in [0.25, 0.3) is 10.8 Å². The smallest absolute Gasteiger partial charge is 0.0525 e. The molecule has 0 bridgehead atoms. The number of fused-ring (bicyclic) bond motifs is 1. The minimum absolute atomic E-state index is 0.827. The van der Waals surface area contributed by atoms with E-state index in [0.29, 0.717) is 0 Å². The maximum atomic E-state index is 4.57. The molecular formula is C24H17N. The Morgan fingerprint density at radius 3 is 2.12 bits per heavy atom. The molecule has 1 heterocycles. The highest BCUT2D eigenvalue weighted by Gasteiger charge is 2.03. The van der Waals surface area contributed by atoms with E-state index in [1.807, 2.05) is 36.5 Å². The van der Waals surface area contributed by atoms with Gasteiger partial charge in [0.15, 0.2) is 0 Å². The van der Waals surface area contributed by atoms with Gasteiger partial charge in [0, 0.05) is 29.1 Å². The van der Waals surface area contributed by atoms with E-state index < -0.39 is 0 Å². The van der Waals surface area contributed by atoms with Gasteiger partial charge in [-0.2, -0.15) is 0 Å². The lowest BCUT2D eigenvalue weighted by molar-refractivity contribution is 1.10. The second-order valence-corrected chi connectivity index (χ2v) is 5.97. The Morgan fingerprint density at radius 1 is 0.640 bits per heavy atom. The van der Waals surface area contributed by atoms with Crippen LogP contribution in [0.4, 0.5) is 0 Å². The largest absolute Gasteiger partial charge is 0.260 e. The molecule has 4 aromatic rings. The summed E-state index contributed by atoms with van der Waals surface area (Å²) in [6.07, 6.45) is 2.71. The molecule has 0 saturated heterocycles. The van der Waals surface area contributed by atoms with Gasteiger partial charge in [-0.1, -0.05) is 66.4 Å². The van der Waals surface area contributed by atoms with Crippen LogP contribution in [0.1, 0.15) is 22.4 Å². The van der Waals surface area contributed by atoms with E-state index >= 15 is 0 Å². The Kier molecular flexibility index (Phi) is 4.27. The number of pyridine rings is 1. The molecule has 4 rings (SSSR count). The van der Waals surface area contributed by atoms with Crippen molar-refractivity contribution in [2.45, 2.75) is 6.42 Å². The molecule has 0 aliphatic rings. The predicted octanol–water partition coefficient (Wildman–Crippen LogP) is 5.23. The zero-order valence-electron chi connectivity index (χ0n) is 13.8. The van der Waals surface area contributed by atoms with Gasteiger partial charge in [0.25, 0.3) is 0 Å². The third kappa shape index (κ3) is 3.59. The van der Waals surface area contributed by atoms with Crippen molar-refractivity contribution >= 4 is 10.8 Å². The summed E-state index contributed by atoms with van der Waals surface area (Å²) in [4.78, 5) is 4.57. The average molecular weight is 319 g/mol. The summed E-state index contributed by atoms with van der Waals surface area (Å²) in [5, 5.41) is 2.45. The summed E-state index contributed by atoms with van der Waals surface area (Å²) in [5.41, 5.74) is 4.42. The number of rotatable bonds is 2. The van der Waals surface area contributed by atoms with Crippen molar-refractivity contribution < 1.29 is 0 Å². The summed E-state index contributed by atoms with van der Waals surface area (Å²) in [5.74, 6) is 6.41. The van der Waals surface area contributed by atoms with Crippen LogP contribution in [0, 0.1) is 11.8 Å². The maximum Gasteiger partial charge on any atom is 0.0525 e. The molecule has 0 aliphatic heterocycles. The van der Waals surface area contributed by atoms with Crippen molar-refractivity contribution in [3.05, 3.63) is 114 Å². The van der Waals surface area contributed by atoms with Gasteiger partial charge < -0.3 is 0 Å². The van der Waals surface area contributed by atoms with E-state index in [-0.39, 0.29) is 0 Å². The van der Waals surface area contributed by atoms with E-state index in [0.717, 1.165) is 23.2 Å². The Balaban J connectivity index is 1.56. The van der Waals surface area contributed by atoms with Gasteiger partial charge in [-0.3, -0.25) is 4.98 Å². The molecule has 0 amide bonds. The Morgan fingerprint density at radius 2 is 1.32 bits per heavy atom. The zero-order valence-corrected chi connectivity index (χ0v) is 13.8. The first-order valence-electron chi connectivity index (χ1n) is 8.37. The fourth-order valence-electron chi connectivity index (χ4n) is 2.89. The van der Waals surface area contributed by atoms with Gasteiger partial charge in [0.2, 0.25) is 0 Å². The number of benzene rings is 3. The van der Waals surface area contributed by atoms with Crippen LogP contribution in [0.5, 0.6) is 0 Å². The van der Waals surface area contributed by atoms with Crippen LogP contribution < -0.4 is 0 Å². The van der Waals surface area contributed by atoms with E-state index in [9.17, 15) is 0 Å². The van der Waals surface area contributed by atoms with Crippen molar-refractivity contribution in [2.24, 2.45) is 0 Å². The van der Waals surface area contributed by atoms with Crippen molar-refractivity contribution in [2.75, 3.05) is 0 Å². The monoisotopic (exact) mass is 319 g/mol. The van der Waals surface area contributed by atoms with Crippen molar-refractivity contribution in [3.63, 3.8) is 0 Å². The van der Waals surface area contributed by atoms with Gasteiger partial charge in [-0.25, -0.2) is 0 Å². The highest BCUT2D eigenvalue weighted by molar-refractivity contribution is 5.84. The predicted molar refractivity (Wildman–Crippen MR) is 103 cm³/mol. The van der Waals surface area contributed by atoms with Crippen LogP contribution in [-0.4, -0.2) is 4.98 Å². The molecule has 0 N–H and O–H groups in total. The summed E-state index contributed by atoms with van der Waals surface area (Å²) in [6, 6.07) is 28.9. The molecule has 0 aliphatic carbocycles. The maximum absolute atomic E-state index is 4.57. The van der Waals surface area contributed by atoms with Crippen molar-refractivity contribution in [3.8, 4) is 11.8 Å². The molecule has 0 spiro atoms. The lowest BCUT2D eigenvalue weighted by atomic mass is 10.0. The average Bonchev–Trinajstić information content (AvgIpc) is 2.69. The minimum atomic E-state index is 0.827. The third-order valence-corrected chi connectivity index (χ3v) is 4.21. The zero-order chi connectivity index (χ0) is 16.9. The molecule has 0 fully saturated rings. The molecular weight excluding hydrogens is 302 g/mol. The Bertz CT molecular complexity index is 1050. The molecule has 1 aromatic heterocycles. The van der Waals surface area contributed by atoms with Gasteiger partial charge in [-0.05, 0) is 41.3 Å². The lowest BCUT2D eigenvalue weighted by Crippen LogP contribution is -1.93. The van der Waals surface area contributed by atoms with Crippen LogP contribution in [0.3, 0.4) is 0 Å². The molecule has 0 atom stereocenters. The molecule has 1 heteroatoms. The van der Waals surface area contributed by atoms with Crippen LogP contribution in [0.2, 0.25) is 0 Å². The first-order valence-corrected chi connectivity index (χ1v) is 8.37. The van der Waals surface area contributed by atoms with Crippen molar-refractivity contribution in [1.82, 2.24) is 4.98 Å². The molecule has 0 saturated carbocycles.